The van der Waals surface area contributed by atoms with Gasteiger partial charge in [-0.15, -0.1) is 0 Å². The molecule has 3 rings (SSSR count). The molecule has 112 valence electrons. The molecule has 20 heavy (non-hydrogen) atoms. The minimum absolute atomic E-state index is 0.140. The lowest BCUT2D eigenvalue weighted by Crippen LogP contribution is -2.45. The van der Waals surface area contributed by atoms with E-state index in [4.69, 9.17) is 18.9 Å². The molecule has 6 nitrogen and oxygen atoms in total. The SMILES string of the molecule is O=C1C[C@H]2OCCC[C@H]2OC(=O)C[C@H]2OCCC[C@H]2O1. The van der Waals surface area contributed by atoms with Gasteiger partial charge in [0.05, 0.1) is 12.8 Å². The molecule has 0 aliphatic carbocycles. The normalized spacial score (nSPS) is 39.0. The third-order valence-electron chi connectivity index (χ3n) is 4.06. The molecule has 0 saturated carbocycles. The van der Waals surface area contributed by atoms with E-state index >= 15 is 0 Å². The molecule has 0 radical (unpaired) electrons. The summed E-state index contributed by atoms with van der Waals surface area (Å²) in [7, 11) is 0. The largest absolute Gasteiger partial charge is 0.460 e. The first-order valence-corrected chi connectivity index (χ1v) is 7.34. The second kappa shape index (κ2) is 6.10. The van der Waals surface area contributed by atoms with Crippen LogP contribution < -0.4 is 0 Å². The summed E-state index contributed by atoms with van der Waals surface area (Å²) in [5, 5.41) is 0. The summed E-state index contributed by atoms with van der Waals surface area (Å²) >= 11 is 0. The number of hydrogen-bond donors (Lipinski definition) is 0. The van der Waals surface area contributed by atoms with Crippen LogP contribution in [0.1, 0.15) is 38.5 Å². The van der Waals surface area contributed by atoms with Crippen molar-refractivity contribution >= 4 is 11.9 Å². The molecule has 4 atom stereocenters. The van der Waals surface area contributed by atoms with Crippen molar-refractivity contribution < 1.29 is 28.5 Å². The molecule has 3 aliphatic rings. The van der Waals surface area contributed by atoms with Crippen molar-refractivity contribution in [1.29, 1.82) is 0 Å². The molecule has 0 aromatic rings. The van der Waals surface area contributed by atoms with Crippen LogP contribution in [0.3, 0.4) is 0 Å². The van der Waals surface area contributed by atoms with Crippen molar-refractivity contribution in [3.05, 3.63) is 0 Å². The summed E-state index contributed by atoms with van der Waals surface area (Å²) in [5.41, 5.74) is 0. The molecule has 6 heteroatoms. The van der Waals surface area contributed by atoms with E-state index in [0.29, 0.717) is 13.2 Å². The maximum absolute atomic E-state index is 12.0. The highest BCUT2D eigenvalue weighted by Gasteiger charge is 2.38. The first kappa shape index (κ1) is 13.8. The van der Waals surface area contributed by atoms with Crippen molar-refractivity contribution in [1.82, 2.24) is 0 Å². The maximum atomic E-state index is 12.0. The van der Waals surface area contributed by atoms with E-state index in [2.05, 4.69) is 0 Å². The van der Waals surface area contributed by atoms with Gasteiger partial charge in [0.25, 0.3) is 0 Å². The molecule has 0 aromatic heterocycles. The van der Waals surface area contributed by atoms with Crippen LogP contribution in [0, 0.1) is 0 Å². The molecule has 3 heterocycles. The third-order valence-corrected chi connectivity index (χ3v) is 4.06. The van der Waals surface area contributed by atoms with E-state index in [9.17, 15) is 9.59 Å². The van der Waals surface area contributed by atoms with E-state index in [1.807, 2.05) is 0 Å². The molecule has 3 saturated heterocycles. The van der Waals surface area contributed by atoms with E-state index in [1.165, 1.54) is 0 Å². The number of esters is 2. The van der Waals surface area contributed by atoms with Crippen molar-refractivity contribution in [3.63, 3.8) is 0 Å². The van der Waals surface area contributed by atoms with Gasteiger partial charge in [0.1, 0.15) is 24.4 Å². The topological polar surface area (TPSA) is 71.1 Å². The van der Waals surface area contributed by atoms with Crippen LogP contribution in [0.2, 0.25) is 0 Å². The van der Waals surface area contributed by atoms with Crippen LogP contribution in [0.25, 0.3) is 0 Å². The van der Waals surface area contributed by atoms with Gasteiger partial charge in [0.15, 0.2) is 0 Å². The van der Waals surface area contributed by atoms with Gasteiger partial charge < -0.3 is 18.9 Å². The van der Waals surface area contributed by atoms with E-state index in [-0.39, 0.29) is 49.2 Å². The van der Waals surface area contributed by atoms with Gasteiger partial charge in [-0.3, -0.25) is 9.59 Å². The third kappa shape index (κ3) is 3.12. The molecule has 0 aromatic carbocycles. The lowest BCUT2D eigenvalue weighted by atomic mass is 9.99. The van der Waals surface area contributed by atoms with Crippen LogP contribution >= 0.6 is 0 Å². The lowest BCUT2D eigenvalue weighted by Gasteiger charge is -2.35. The smallest absolute Gasteiger partial charge is 0.308 e. The molecule has 0 spiro atoms. The molecule has 3 aliphatic heterocycles. The standard InChI is InChI=1S/C14H20O6/c15-13-8-12-10(4-2-6-18-12)20-14(16)7-11-9(19-13)3-1-5-17-11/h9-12H,1-8H2/t9-,10-,11-,12-/m1/s1. The second-order valence-electron chi connectivity index (χ2n) is 5.57. The van der Waals surface area contributed by atoms with Gasteiger partial charge in [-0.2, -0.15) is 0 Å². The summed E-state index contributed by atoms with van der Waals surface area (Å²) in [6.07, 6.45) is 1.99. The maximum Gasteiger partial charge on any atom is 0.308 e. The Morgan fingerprint density at radius 3 is 1.60 bits per heavy atom. The van der Waals surface area contributed by atoms with Gasteiger partial charge in [-0.05, 0) is 25.7 Å². The van der Waals surface area contributed by atoms with Crippen molar-refractivity contribution in [2.75, 3.05) is 13.2 Å². The van der Waals surface area contributed by atoms with Crippen LogP contribution in [0.4, 0.5) is 0 Å². The van der Waals surface area contributed by atoms with Crippen LogP contribution in [-0.2, 0) is 28.5 Å². The Labute approximate surface area is 117 Å². The summed E-state index contributed by atoms with van der Waals surface area (Å²) in [5.74, 6) is -0.583. The Bertz CT molecular complexity index is 314. The quantitative estimate of drug-likeness (QED) is 0.617. The lowest BCUT2D eigenvalue weighted by molar-refractivity contribution is -0.189. The Morgan fingerprint density at radius 1 is 0.700 bits per heavy atom. The molecular formula is C14H20O6. The summed E-state index contributed by atoms with van der Waals surface area (Å²) in [6, 6.07) is 0. The first-order chi connectivity index (χ1) is 9.72. The summed E-state index contributed by atoms with van der Waals surface area (Å²) in [4.78, 5) is 24.0. The summed E-state index contributed by atoms with van der Waals surface area (Å²) in [6.45, 7) is 1.20. The van der Waals surface area contributed by atoms with Gasteiger partial charge in [0.2, 0.25) is 0 Å². The van der Waals surface area contributed by atoms with Crippen LogP contribution in [-0.4, -0.2) is 49.6 Å². The number of carbonyl (C=O) groups is 2. The zero-order chi connectivity index (χ0) is 13.9. The Hall–Kier alpha value is -1.14. The molecule has 0 bridgehead atoms. The number of fused-ring (bicyclic) bond motifs is 2. The fourth-order valence-corrected chi connectivity index (χ4v) is 3.04. The average Bonchev–Trinajstić information content (AvgIpc) is 2.43. The molecule has 0 amide bonds. The second-order valence-corrected chi connectivity index (χ2v) is 5.57. The van der Waals surface area contributed by atoms with Gasteiger partial charge in [-0.1, -0.05) is 0 Å². The van der Waals surface area contributed by atoms with Crippen molar-refractivity contribution in [2.24, 2.45) is 0 Å². The highest BCUT2D eigenvalue weighted by Crippen LogP contribution is 2.26. The number of ether oxygens (including phenoxy) is 4. The van der Waals surface area contributed by atoms with Gasteiger partial charge in [0, 0.05) is 13.2 Å². The zero-order valence-corrected chi connectivity index (χ0v) is 11.4. The minimum Gasteiger partial charge on any atom is -0.460 e. The van der Waals surface area contributed by atoms with E-state index in [1.54, 1.807) is 0 Å². The molecular weight excluding hydrogens is 264 g/mol. The van der Waals surface area contributed by atoms with Crippen molar-refractivity contribution in [2.45, 2.75) is 62.9 Å². The van der Waals surface area contributed by atoms with Gasteiger partial charge >= 0.3 is 11.9 Å². The highest BCUT2D eigenvalue weighted by molar-refractivity contribution is 5.73. The highest BCUT2D eigenvalue weighted by atomic mass is 16.6. The van der Waals surface area contributed by atoms with E-state index in [0.717, 1.165) is 25.7 Å². The molecule has 0 unspecified atom stereocenters. The fourth-order valence-electron chi connectivity index (χ4n) is 3.04. The summed E-state index contributed by atoms with van der Waals surface area (Å²) < 4.78 is 22.1. The number of hydrogen-bond acceptors (Lipinski definition) is 6. The van der Waals surface area contributed by atoms with Crippen LogP contribution in [0.15, 0.2) is 0 Å². The predicted molar refractivity (Wildman–Crippen MR) is 66.9 cm³/mol. The van der Waals surface area contributed by atoms with E-state index < -0.39 is 0 Å². The van der Waals surface area contributed by atoms with Gasteiger partial charge in [-0.25, -0.2) is 0 Å². The predicted octanol–water partition coefficient (Wildman–Crippen LogP) is 0.962. The Balaban J connectivity index is 1.74. The number of rotatable bonds is 0. The monoisotopic (exact) mass is 284 g/mol. The zero-order valence-electron chi connectivity index (χ0n) is 11.4. The average molecular weight is 284 g/mol. The van der Waals surface area contributed by atoms with Crippen molar-refractivity contribution in [3.8, 4) is 0 Å². The minimum atomic E-state index is -0.374. The molecule has 3 fully saturated rings. The van der Waals surface area contributed by atoms with Crippen LogP contribution in [0.5, 0.6) is 0 Å². The fraction of sp³-hybridized carbons (Fsp3) is 0.857. The first-order valence-electron chi connectivity index (χ1n) is 7.34. The number of carbonyl (C=O) groups excluding carboxylic acids is 2. The Kier molecular flexibility index (Phi) is 4.21. The molecule has 0 N–H and O–H groups in total. The Morgan fingerprint density at radius 2 is 1.15 bits per heavy atom.